The molecule has 5 nitrogen and oxygen atoms in total. The molecule has 0 radical (unpaired) electrons. The Labute approximate surface area is 206 Å². The highest BCUT2D eigenvalue weighted by molar-refractivity contribution is 5.87. The topological polar surface area (TPSA) is 48.0 Å². The number of benzene rings is 2. The second kappa shape index (κ2) is 10.0. The van der Waals surface area contributed by atoms with Crippen LogP contribution in [-0.2, 0) is 16.1 Å². The van der Waals surface area contributed by atoms with E-state index in [-0.39, 0.29) is 17.2 Å². The number of carbonyl (C=O) groups excluding carboxylic acids is 1. The normalized spacial score (nSPS) is 18.7. The Balaban J connectivity index is 1.39. The van der Waals surface area contributed by atoms with Gasteiger partial charge in [0, 0.05) is 30.8 Å². The van der Waals surface area contributed by atoms with Crippen molar-refractivity contribution >= 4 is 11.5 Å². The lowest BCUT2D eigenvalue weighted by atomic mass is 9.86. The molecule has 2 aromatic carbocycles. The van der Waals surface area contributed by atoms with E-state index in [1.54, 1.807) is 19.2 Å². The molecule has 3 aliphatic rings. The summed E-state index contributed by atoms with van der Waals surface area (Å²) in [5.41, 5.74) is 5.01. The van der Waals surface area contributed by atoms with E-state index < -0.39 is 0 Å². The Morgan fingerprint density at radius 2 is 1.91 bits per heavy atom. The smallest absolute Gasteiger partial charge is 0.313 e. The summed E-state index contributed by atoms with van der Waals surface area (Å²) < 4.78 is 31.4. The number of methoxy groups -OCH3 is 1. The molecule has 2 aliphatic heterocycles. The number of hydrogen-bond donors (Lipinski definition) is 0. The number of ether oxygens (including phenoxy) is 3. The largest absolute Gasteiger partial charge is 0.497 e. The van der Waals surface area contributed by atoms with Gasteiger partial charge in [0.25, 0.3) is 0 Å². The maximum absolute atomic E-state index is 14.4. The molecule has 2 heterocycles. The minimum Gasteiger partial charge on any atom is -0.497 e. The third-order valence-electron chi connectivity index (χ3n) is 7.53. The summed E-state index contributed by atoms with van der Waals surface area (Å²) in [4.78, 5) is 15.1. The zero-order chi connectivity index (χ0) is 24.4. The van der Waals surface area contributed by atoms with Crippen molar-refractivity contribution in [1.29, 1.82) is 0 Å². The van der Waals surface area contributed by atoms with Crippen LogP contribution in [0, 0.1) is 11.2 Å². The van der Waals surface area contributed by atoms with Crippen molar-refractivity contribution in [2.45, 2.75) is 52.1 Å². The number of esters is 1. The SMILES string of the molecule is CCCCOC(=O)C1(CN2CCC(=C3c4ccc(OC)cc4COc4ccc(F)cc43)CC2)CC1. The van der Waals surface area contributed by atoms with Gasteiger partial charge in [0.15, 0.2) is 0 Å². The van der Waals surface area contributed by atoms with Gasteiger partial charge in [0.05, 0.1) is 19.1 Å². The number of fused-ring (bicyclic) bond motifs is 2. The predicted octanol–water partition coefficient (Wildman–Crippen LogP) is 5.75. The average molecular weight is 480 g/mol. The average Bonchev–Trinajstić information content (AvgIpc) is 3.67. The Morgan fingerprint density at radius 1 is 1.11 bits per heavy atom. The zero-order valence-electron chi connectivity index (χ0n) is 20.7. The number of likely N-dealkylation sites (tertiary alicyclic amines) is 1. The molecule has 2 fully saturated rings. The van der Waals surface area contributed by atoms with Crippen LogP contribution in [0.15, 0.2) is 42.0 Å². The Morgan fingerprint density at radius 3 is 2.63 bits per heavy atom. The van der Waals surface area contributed by atoms with E-state index in [1.165, 1.54) is 11.6 Å². The van der Waals surface area contributed by atoms with Crippen molar-refractivity contribution in [1.82, 2.24) is 4.90 Å². The van der Waals surface area contributed by atoms with Gasteiger partial charge in [0.1, 0.15) is 23.9 Å². The molecule has 1 saturated heterocycles. The van der Waals surface area contributed by atoms with Crippen LogP contribution in [0.5, 0.6) is 11.5 Å². The highest BCUT2D eigenvalue weighted by Gasteiger charge is 2.52. The summed E-state index contributed by atoms with van der Waals surface area (Å²) in [6.45, 7) is 5.55. The van der Waals surface area contributed by atoms with E-state index in [1.807, 2.05) is 12.1 Å². The first-order chi connectivity index (χ1) is 17.0. The standard InChI is InChI=1S/C29H34FNO4/c1-3-4-15-34-28(32)29(11-12-29)19-31-13-9-20(10-14-31)27-24-7-6-23(33-2)16-21(24)18-35-26-8-5-22(30)17-25(26)27/h5-8,16-17H,3-4,9-15,18-19H2,1-2H3. The lowest BCUT2D eigenvalue weighted by Crippen LogP contribution is -2.39. The molecule has 35 heavy (non-hydrogen) atoms. The molecule has 0 spiro atoms. The fourth-order valence-electron chi connectivity index (χ4n) is 5.26. The molecule has 0 unspecified atom stereocenters. The van der Waals surface area contributed by atoms with Crippen LogP contribution in [0.3, 0.4) is 0 Å². The van der Waals surface area contributed by atoms with Gasteiger partial charge in [0.2, 0.25) is 0 Å². The minimum atomic E-state index is -0.312. The molecular weight excluding hydrogens is 445 g/mol. The number of nitrogens with zero attached hydrogens (tertiary/aromatic N) is 1. The first-order valence-corrected chi connectivity index (χ1v) is 12.7. The Kier molecular flexibility index (Phi) is 6.83. The summed E-state index contributed by atoms with van der Waals surface area (Å²) in [5, 5.41) is 0. The van der Waals surface area contributed by atoms with Gasteiger partial charge in [-0.1, -0.05) is 25.0 Å². The van der Waals surface area contributed by atoms with Crippen molar-refractivity contribution < 1.29 is 23.4 Å². The molecule has 0 bridgehead atoms. The van der Waals surface area contributed by atoms with Gasteiger partial charge >= 0.3 is 5.97 Å². The number of piperidine rings is 1. The maximum Gasteiger partial charge on any atom is 0.313 e. The van der Waals surface area contributed by atoms with Crippen molar-refractivity contribution in [3.05, 3.63) is 64.5 Å². The molecular formula is C29H34FNO4. The fourth-order valence-corrected chi connectivity index (χ4v) is 5.26. The van der Waals surface area contributed by atoms with Gasteiger partial charge in [-0.3, -0.25) is 4.79 Å². The third-order valence-corrected chi connectivity index (χ3v) is 7.53. The summed E-state index contributed by atoms with van der Waals surface area (Å²) in [7, 11) is 1.66. The maximum atomic E-state index is 14.4. The quantitative estimate of drug-likeness (QED) is 0.374. The second-order valence-corrected chi connectivity index (χ2v) is 9.98. The van der Waals surface area contributed by atoms with Crippen molar-refractivity contribution in [2.24, 2.45) is 5.41 Å². The van der Waals surface area contributed by atoms with E-state index in [0.717, 1.165) is 86.2 Å². The third kappa shape index (κ3) is 4.94. The number of hydrogen-bond acceptors (Lipinski definition) is 5. The summed E-state index contributed by atoms with van der Waals surface area (Å²) in [5.74, 6) is 1.20. The predicted molar refractivity (Wildman–Crippen MR) is 133 cm³/mol. The van der Waals surface area contributed by atoms with Gasteiger partial charge in [-0.25, -0.2) is 4.39 Å². The second-order valence-electron chi connectivity index (χ2n) is 9.98. The van der Waals surface area contributed by atoms with E-state index in [2.05, 4.69) is 17.9 Å². The number of unbranched alkanes of at least 4 members (excludes halogenated alkanes) is 1. The summed E-state index contributed by atoms with van der Waals surface area (Å²) in [6, 6.07) is 10.8. The van der Waals surface area contributed by atoms with E-state index in [0.29, 0.717) is 19.0 Å². The number of carbonyl (C=O) groups is 1. The van der Waals surface area contributed by atoms with Crippen molar-refractivity contribution in [3.8, 4) is 11.5 Å². The first kappa shape index (κ1) is 23.9. The lowest BCUT2D eigenvalue weighted by molar-refractivity contribution is -0.151. The minimum absolute atomic E-state index is 0.0247. The zero-order valence-corrected chi connectivity index (χ0v) is 20.7. The van der Waals surface area contributed by atoms with Crippen molar-refractivity contribution in [2.75, 3.05) is 33.4 Å². The lowest BCUT2D eigenvalue weighted by Gasteiger charge is -2.32. The monoisotopic (exact) mass is 479 g/mol. The summed E-state index contributed by atoms with van der Waals surface area (Å²) in [6.07, 6.45) is 5.53. The van der Waals surface area contributed by atoms with Crippen LogP contribution >= 0.6 is 0 Å². The van der Waals surface area contributed by atoms with E-state index in [9.17, 15) is 9.18 Å². The van der Waals surface area contributed by atoms with Gasteiger partial charge in [-0.15, -0.1) is 0 Å². The molecule has 186 valence electrons. The van der Waals surface area contributed by atoms with Crippen LogP contribution in [0.4, 0.5) is 4.39 Å². The van der Waals surface area contributed by atoms with Crippen LogP contribution in [0.2, 0.25) is 0 Å². The fraction of sp³-hybridized carbons (Fsp3) is 0.483. The van der Waals surface area contributed by atoms with Gasteiger partial charge in [-0.05, 0) is 73.6 Å². The molecule has 0 amide bonds. The Hall–Kier alpha value is -2.86. The number of rotatable bonds is 7. The molecule has 2 aromatic rings. The van der Waals surface area contributed by atoms with E-state index in [4.69, 9.17) is 14.2 Å². The molecule has 6 heteroatoms. The summed E-state index contributed by atoms with van der Waals surface area (Å²) >= 11 is 0. The van der Waals surface area contributed by atoms with E-state index >= 15 is 0 Å². The highest BCUT2D eigenvalue weighted by atomic mass is 19.1. The van der Waals surface area contributed by atoms with Gasteiger partial charge < -0.3 is 19.1 Å². The van der Waals surface area contributed by atoms with Crippen LogP contribution in [0.1, 0.15) is 62.1 Å². The highest BCUT2D eigenvalue weighted by Crippen LogP contribution is 2.48. The molecule has 0 N–H and O–H groups in total. The number of halogens is 1. The van der Waals surface area contributed by atoms with Crippen LogP contribution < -0.4 is 9.47 Å². The van der Waals surface area contributed by atoms with Crippen LogP contribution in [0.25, 0.3) is 5.57 Å². The molecule has 0 atom stereocenters. The molecule has 1 aliphatic carbocycles. The first-order valence-electron chi connectivity index (χ1n) is 12.7. The van der Waals surface area contributed by atoms with Gasteiger partial charge in [-0.2, -0.15) is 0 Å². The van der Waals surface area contributed by atoms with Crippen molar-refractivity contribution in [3.63, 3.8) is 0 Å². The molecule has 5 rings (SSSR count). The molecule has 0 aromatic heterocycles. The molecule has 1 saturated carbocycles. The van der Waals surface area contributed by atoms with Crippen LogP contribution in [-0.4, -0.2) is 44.2 Å². The Bertz CT molecular complexity index is 1130.